The molecule has 1 atom stereocenters. The third kappa shape index (κ3) is 2.86. The van der Waals surface area contributed by atoms with Crippen LogP contribution in [0.3, 0.4) is 0 Å². The molecular formula is C13H12BrClN2O3. The largest absolute Gasteiger partial charge is 0.317 e. The number of piperazine rings is 1. The van der Waals surface area contributed by atoms with Gasteiger partial charge in [-0.15, -0.1) is 0 Å². The zero-order valence-electron chi connectivity index (χ0n) is 10.7. The predicted molar refractivity (Wildman–Crippen MR) is 77.4 cm³/mol. The van der Waals surface area contributed by atoms with Gasteiger partial charge in [0.05, 0.1) is 5.02 Å². The van der Waals surface area contributed by atoms with Gasteiger partial charge in [0.25, 0.3) is 5.91 Å². The van der Waals surface area contributed by atoms with Crippen LogP contribution in [0.5, 0.6) is 0 Å². The Kier molecular flexibility index (Phi) is 4.45. The van der Waals surface area contributed by atoms with E-state index in [0.717, 1.165) is 0 Å². The third-order valence-corrected chi connectivity index (χ3v) is 4.28. The molecule has 0 aliphatic carbocycles. The Morgan fingerprint density at radius 3 is 2.80 bits per heavy atom. The molecule has 1 fully saturated rings. The van der Waals surface area contributed by atoms with Gasteiger partial charge in [0.1, 0.15) is 12.6 Å². The molecule has 0 radical (unpaired) electrons. The van der Waals surface area contributed by atoms with Gasteiger partial charge in [0, 0.05) is 10.0 Å². The molecule has 20 heavy (non-hydrogen) atoms. The van der Waals surface area contributed by atoms with Gasteiger partial charge in [0.15, 0.2) is 0 Å². The summed E-state index contributed by atoms with van der Waals surface area (Å²) in [4.78, 5) is 36.9. The Morgan fingerprint density at radius 2 is 2.20 bits per heavy atom. The van der Waals surface area contributed by atoms with E-state index in [2.05, 4.69) is 21.2 Å². The van der Waals surface area contributed by atoms with E-state index in [1.807, 2.05) is 0 Å². The number of rotatable bonds is 2. The van der Waals surface area contributed by atoms with Crippen molar-refractivity contribution in [2.24, 2.45) is 0 Å². The quantitative estimate of drug-likeness (QED) is 0.821. The number of nitrogens with zero attached hydrogens (tertiary/aromatic N) is 1. The van der Waals surface area contributed by atoms with E-state index in [1.54, 1.807) is 25.1 Å². The van der Waals surface area contributed by atoms with Crippen LogP contribution < -0.4 is 5.32 Å². The molecule has 1 heterocycles. The molecule has 2 rings (SSSR count). The number of carbonyl (C=O) groups is 3. The summed E-state index contributed by atoms with van der Waals surface area (Å²) in [6.07, 6.45) is 0.444. The van der Waals surface area contributed by atoms with Crippen molar-refractivity contribution in [1.82, 2.24) is 10.2 Å². The first kappa shape index (κ1) is 15.0. The molecule has 5 nitrogen and oxygen atoms in total. The van der Waals surface area contributed by atoms with Gasteiger partial charge >= 0.3 is 0 Å². The van der Waals surface area contributed by atoms with Gasteiger partial charge < -0.3 is 4.90 Å². The number of halogens is 2. The molecule has 1 aliphatic heterocycles. The van der Waals surface area contributed by atoms with Gasteiger partial charge in [-0.2, -0.15) is 0 Å². The highest BCUT2D eigenvalue weighted by atomic mass is 79.9. The zero-order valence-corrected chi connectivity index (χ0v) is 13.0. The number of carbonyl (C=O) groups excluding carboxylic acids is 3. The van der Waals surface area contributed by atoms with Gasteiger partial charge in [-0.3, -0.25) is 19.7 Å². The Bertz CT molecular complexity index is 591. The fraction of sp³-hybridized carbons (Fsp3) is 0.308. The van der Waals surface area contributed by atoms with Crippen LogP contribution in [0.4, 0.5) is 0 Å². The van der Waals surface area contributed by atoms with Crippen LogP contribution in [-0.2, 0) is 9.59 Å². The van der Waals surface area contributed by atoms with Gasteiger partial charge in [-0.05, 0) is 40.5 Å². The highest BCUT2D eigenvalue weighted by Gasteiger charge is 2.35. The molecule has 7 heteroatoms. The second kappa shape index (κ2) is 5.93. The lowest BCUT2D eigenvalue weighted by molar-refractivity contribution is -0.138. The molecule has 0 bridgehead atoms. The number of amides is 3. The molecule has 1 saturated heterocycles. The van der Waals surface area contributed by atoms with Crippen LogP contribution in [0.2, 0.25) is 5.02 Å². The van der Waals surface area contributed by atoms with E-state index in [0.29, 0.717) is 21.5 Å². The lowest BCUT2D eigenvalue weighted by Gasteiger charge is -2.33. The van der Waals surface area contributed by atoms with E-state index < -0.39 is 17.9 Å². The zero-order chi connectivity index (χ0) is 14.9. The molecule has 1 aromatic rings. The second-order valence-electron chi connectivity index (χ2n) is 4.40. The second-order valence-corrected chi connectivity index (χ2v) is 5.66. The first-order chi connectivity index (χ1) is 9.43. The normalized spacial score (nSPS) is 18.9. The highest BCUT2D eigenvalue weighted by molar-refractivity contribution is 9.10. The Hall–Kier alpha value is -1.40. The molecule has 3 amide bonds. The molecule has 1 unspecified atom stereocenters. The van der Waals surface area contributed by atoms with Crippen molar-refractivity contribution < 1.29 is 14.4 Å². The Balaban J connectivity index is 2.32. The minimum atomic E-state index is -0.630. The summed E-state index contributed by atoms with van der Waals surface area (Å²) in [5.74, 6) is -1.27. The maximum absolute atomic E-state index is 12.5. The maximum Gasteiger partial charge on any atom is 0.255 e. The van der Waals surface area contributed by atoms with Crippen molar-refractivity contribution in [3.05, 3.63) is 33.3 Å². The van der Waals surface area contributed by atoms with Crippen molar-refractivity contribution in [2.75, 3.05) is 6.54 Å². The molecule has 0 spiro atoms. The minimum Gasteiger partial charge on any atom is -0.317 e. The van der Waals surface area contributed by atoms with Gasteiger partial charge in [-0.1, -0.05) is 18.5 Å². The van der Waals surface area contributed by atoms with Crippen LogP contribution >= 0.6 is 27.5 Å². The molecular weight excluding hydrogens is 348 g/mol. The number of hydrogen-bond acceptors (Lipinski definition) is 3. The lowest BCUT2D eigenvalue weighted by atomic mass is 10.1. The van der Waals surface area contributed by atoms with E-state index in [-0.39, 0.29) is 12.5 Å². The van der Waals surface area contributed by atoms with Crippen molar-refractivity contribution >= 4 is 45.3 Å². The lowest BCUT2D eigenvalue weighted by Crippen LogP contribution is -2.59. The summed E-state index contributed by atoms with van der Waals surface area (Å²) in [5, 5.41) is 2.72. The van der Waals surface area contributed by atoms with Gasteiger partial charge in [-0.25, -0.2) is 0 Å². The highest BCUT2D eigenvalue weighted by Crippen LogP contribution is 2.24. The molecule has 1 aliphatic rings. The first-order valence-electron chi connectivity index (χ1n) is 6.03. The van der Waals surface area contributed by atoms with E-state index >= 15 is 0 Å². The van der Waals surface area contributed by atoms with Crippen LogP contribution in [0.25, 0.3) is 0 Å². The fourth-order valence-electron chi connectivity index (χ4n) is 2.08. The van der Waals surface area contributed by atoms with Gasteiger partial charge in [0.2, 0.25) is 11.8 Å². The van der Waals surface area contributed by atoms with Crippen LogP contribution in [-0.4, -0.2) is 35.2 Å². The standard InChI is InChI=1S/C13H12BrClN2O3/c1-2-10-12(19)16-11(18)6-17(10)13(20)7-3-4-9(15)8(14)5-7/h3-5,10H,2,6H2,1H3,(H,16,18,19). The van der Waals surface area contributed by atoms with Crippen LogP contribution in [0.15, 0.2) is 22.7 Å². The summed E-state index contributed by atoms with van der Waals surface area (Å²) in [6.45, 7) is 1.67. The van der Waals surface area contributed by atoms with Crippen molar-refractivity contribution in [2.45, 2.75) is 19.4 Å². The molecule has 106 valence electrons. The van der Waals surface area contributed by atoms with Crippen LogP contribution in [0.1, 0.15) is 23.7 Å². The fourth-order valence-corrected chi connectivity index (χ4v) is 2.58. The molecule has 0 aromatic heterocycles. The third-order valence-electron chi connectivity index (χ3n) is 3.07. The first-order valence-corrected chi connectivity index (χ1v) is 7.20. The number of benzene rings is 1. The predicted octanol–water partition coefficient (Wildman–Crippen LogP) is 1.98. The number of nitrogens with one attached hydrogen (secondary N) is 1. The summed E-state index contributed by atoms with van der Waals surface area (Å²) >= 11 is 9.13. The Morgan fingerprint density at radius 1 is 1.50 bits per heavy atom. The molecule has 0 saturated carbocycles. The van der Waals surface area contributed by atoms with E-state index in [1.165, 1.54) is 4.90 Å². The monoisotopic (exact) mass is 358 g/mol. The van der Waals surface area contributed by atoms with E-state index in [4.69, 9.17) is 11.6 Å². The average molecular weight is 360 g/mol. The number of hydrogen-bond donors (Lipinski definition) is 1. The van der Waals surface area contributed by atoms with Crippen LogP contribution in [0, 0.1) is 0 Å². The van der Waals surface area contributed by atoms with Crippen molar-refractivity contribution in [3.8, 4) is 0 Å². The maximum atomic E-state index is 12.5. The molecule has 1 aromatic carbocycles. The number of imide groups is 1. The summed E-state index contributed by atoms with van der Waals surface area (Å²) in [7, 11) is 0. The van der Waals surface area contributed by atoms with E-state index in [9.17, 15) is 14.4 Å². The average Bonchev–Trinajstić information content (AvgIpc) is 2.40. The summed E-state index contributed by atoms with van der Waals surface area (Å²) in [5.41, 5.74) is 0.377. The van der Waals surface area contributed by atoms with Crippen molar-refractivity contribution in [3.63, 3.8) is 0 Å². The SMILES string of the molecule is CCC1C(=O)NC(=O)CN1C(=O)c1ccc(Cl)c(Br)c1. The topological polar surface area (TPSA) is 66.5 Å². The Labute approximate surface area is 129 Å². The van der Waals surface area contributed by atoms with Crippen molar-refractivity contribution in [1.29, 1.82) is 0 Å². The summed E-state index contributed by atoms with van der Waals surface area (Å²) in [6, 6.07) is 4.11. The smallest absolute Gasteiger partial charge is 0.255 e. The minimum absolute atomic E-state index is 0.122. The summed E-state index contributed by atoms with van der Waals surface area (Å²) < 4.78 is 0.589. The molecule has 1 N–H and O–H groups in total.